The summed E-state index contributed by atoms with van der Waals surface area (Å²) < 4.78 is 0. The van der Waals surface area contributed by atoms with Crippen molar-refractivity contribution in [2.24, 2.45) is 0 Å². The highest BCUT2D eigenvalue weighted by Gasteiger charge is 2.03. The average molecular weight is 199 g/mol. The number of aliphatic hydroxyl groups excluding tert-OH is 1. The van der Waals surface area contributed by atoms with Gasteiger partial charge in [-0.2, -0.15) is 0 Å². The van der Waals surface area contributed by atoms with Gasteiger partial charge in [0, 0.05) is 5.02 Å². The Hall–Kier alpha value is -0.530. The quantitative estimate of drug-likeness (QED) is 0.792. The van der Waals surface area contributed by atoms with Gasteiger partial charge in [-0.15, -0.1) is 0 Å². The molecule has 0 aliphatic rings. The predicted molar refractivity (Wildman–Crippen MR) is 56.2 cm³/mol. The lowest BCUT2D eigenvalue weighted by Gasteiger charge is -2.08. The Morgan fingerprint density at radius 2 is 2.15 bits per heavy atom. The molecule has 13 heavy (non-hydrogen) atoms. The van der Waals surface area contributed by atoms with E-state index in [1.54, 1.807) is 0 Å². The number of benzene rings is 1. The van der Waals surface area contributed by atoms with Gasteiger partial charge in [-0.25, -0.2) is 0 Å². The maximum absolute atomic E-state index is 9.44. The van der Waals surface area contributed by atoms with Crippen LogP contribution in [0.15, 0.2) is 18.2 Å². The second kappa shape index (κ2) is 4.64. The molecule has 0 saturated carbocycles. The topological polar surface area (TPSA) is 20.2 Å². The molecule has 1 unspecified atom stereocenters. The number of aryl methyl sites for hydroxylation is 1. The van der Waals surface area contributed by atoms with Gasteiger partial charge in [0.1, 0.15) is 0 Å². The van der Waals surface area contributed by atoms with Gasteiger partial charge < -0.3 is 5.11 Å². The highest BCUT2D eigenvalue weighted by atomic mass is 35.5. The van der Waals surface area contributed by atoms with Crippen LogP contribution in [-0.4, -0.2) is 11.2 Å². The van der Waals surface area contributed by atoms with Crippen molar-refractivity contribution in [1.29, 1.82) is 0 Å². The monoisotopic (exact) mass is 198 g/mol. The fraction of sp³-hybridized carbons (Fsp3) is 0.455. The number of halogens is 1. The lowest BCUT2D eigenvalue weighted by atomic mass is 10.0. The molecular weight excluding hydrogens is 184 g/mol. The van der Waals surface area contributed by atoms with E-state index < -0.39 is 0 Å². The third-order valence-corrected chi connectivity index (χ3v) is 2.59. The minimum atomic E-state index is -0.236. The molecule has 1 rings (SSSR count). The fourth-order valence-electron chi connectivity index (χ4n) is 1.25. The van der Waals surface area contributed by atoms with Gasteiger partial charge in [0.2, 0.25) is 0 Å². The van der Waals surface area contributed by atoms with Crippen molar-refractivity contribution in [3.63, 3.8) is 0 Å². The first-order chi connectivity index (χ1) is 6.13. The second-order valence-corrected chi connectivity index (χ2v) is 3.76. The van der Waals surface area contributed by atoms with E-state index >= 15 is 0 Å². The van der Waals surface area contributed by atoms with Crippen molar-refractivity contribution >= 4 is 11.6 Å². The van der Waals surface area contributed by atoms with Crippen molar-refractivity contribution < 1.29 is 5.11 Å². The normalized spacial score (nSPS) is 12.9. The molecule has 0 fully saturated rings. The van der Waals surface area contributed by atoms with E-state index in [0.29, 0.717) is 6.42 Å². The van der Waals surface area contributed by atoms with Crippen molar-refractivity contribution in [3.8, 4) is 0 Å². The summed E-state index contributed by atoms with van der Waals surface area (Å²) in [7, 11) is 0. The van der Waals surface area contributed by atoms with Crippen LogP contribution in [0.3, 0.4) is 0 Å². The third kappa shape index (κ3) is 3.02. The molecular formula is C11H15ClO. The van der Waals surface area contributed by atoms with Crippen LogP contribution in [0, 0.1) is 6.92 Å². The van der Waals surface area contributed by atoms with Crippen LogP contribution in [0.2, 0.25) is 5.02 Å². The molecule has 0 bridgehead atoms. The molecule has 2 heteroatoms. The molecule has 1 N–H and O–H groups in total. The van der Waals surface area contributed by atoms with Crippen molar-refractivity contribution in [3.05, 3.63) is 34.3 Å². The van der Waals surface area contributed by atoms with Crippen LogP contribution in [0.25, 0.3) is 0 Å². The smallest absolute Gasteiger partial charge is 0.0577 e. The van der Waals surface area contributed by atoms with Crippen molar-refractivity contribution in [1.82, 2.24) is 0 Å². The summed E-state index contributed by atoms with van der Waals surface area (Å²) in [5.74, 6) is 0. The zero-order valence-electron chi connectivity index (χ0n) is 8.05. The first-order valence-electron chi connectivity index (χ1n) is 4.56. The molecule has 0 aliphatic carbocycles. The molecule has 0 aromatic heterocycles. The van der Waals surface area contributed by atoms with Gasteiger partial charge in [0.15, 0.2) is 0 Å². The van der Waals surface area contributed by atoms with E-state index in [1.165, 1.54) is 0 Å². The van der Waals surface area contributed by atoms with E-state index in [2.05, 4.69) is 0 Å². The van der Waals surface area contributed by atoms with Crippen LogP contribution < -0.4 is 0 Å². The summed E-state index contributed by atoms with van der Waals surface area (Å²) in [6.45, 7) is 3.96. The summed E-state index contributed by atoms with van der Waals surface area (Å²) >= 11 is 5.89. The van der Waals surface area contributed by atoms with Crippen molar-refractivity contribution in [2.45, 2.75) is 32.8 Å². The SMILES string of the molecule is CCC(O)Cc1ccc(Cl)c(C)c1. The highest BCUT2D eigenvalue weighted by Crippen LogP contribution is 2.17. The third-order valence-electron chi connectivity index (χ3n) is 2.16. The van der Waals surface area contributed by atoms with E-state index in [1.807, 2.05) is 32.0 Å². The molecule has 0 spiro atoms. The van der Waals surface area contributed by atoms with Gasteiger partial charge in [-0.05, 0) is 37.0 Å². The van der Waals surface area contributed by atoms with Crippen LogP contribution in [-0.2, 0) is 6.42 Å². The summed E-state index contributed by atoms with van der Waals surface area (Å²) in [6.07, 6.45) is 1.27. The molecule has 0 aliphatic heterocycles. The Bertz CT molecular complexity index is 283. The summed E-state index contributed by atoms with van der Waals surface area (Å²) in [5, 5.41) is 10.2. The van der Waals surface area contributed by atoms with Crippen molar-refractivity contribution in [2.75, 3.05) is 0 Å². The number of hydrogen-bond acceptors (Lipinski definition) is 1. The number of hydrogen-bond donors (Lipinski definition) is 1. The summed E-state index contributed by atoms with van der Waals surface area (Å²) in [4.78, 5) is 0. The van der Waals surface area contributed by atoms with Crippen LogP contribution >= 0.6 is 11.6 Å². The van der Waals surface area contributed by atoms with Crippen LogP contribution in [0.4, 0.5) is 0 Å². The van der Waals surface area contributed by atoms with E-state index in [-0.39, 0.29) is 6.10 Å². The first-order valence-corrected chi connectivity index (χ1v) is 4.94. The first kappa shape index (κ1) is 10.6. The Morgan fingerprint density at radius 1 is 1.46 bits per heavy atom. The zero-order valence-corrected chi connectivity index (χ0v) is 8.80. The van der Waals surface area contributed by atoms with Gasteiger partial charge >= 0.3 is 0 Å². The van der Waals surface area contributed by atoms with Gasteiger partial charge in [-0.1, -0.05) is 30.7 Å². The summed E-state index contributed by atoms with van der Waals surface area (Å²) in [6, 6.07) is 5.88. The molecule has 72 valence electrons. The molecule has 0 heterocycles. The Morgan fingerprint density at radius 3 is 2.69 bits per heavy atom. The Balaban J connectivity index is 2.73. The minimum absolute atomic E-state index is 0.236. The van der Waals surface area contributed by atoms with Crippen LogP contribution in [0.5, 0.6) is 0 Å². The molecule has 1 aromatic carbocycles. The van der Waals surface area contributed by atoms with Gasteiger partial charge in [0.05, 0.1) is 6.10 Å². The molecule has 0 radical (unpaired) electrons. The highest BCUT2D eigenvalue weighted by molar-refractivity contribution is 6.31. The molecule has 0 saturated heterocycles. The maximum Gasteiger partial charge on any atom is 0.0577 e. The van der Waals surface area contributed by atoms with E-state index in [0.717, 1.165) is 22.6 Å². The Labute approximate surface area is 84.4 Å². The van der Waals surface area contributed by atoms with Gasteiger partial charge in [0.25, 0.3) is 0 Å². The molecule has 0 amide bonds. The predicted octanol–water partition coefficient (Wildman–Crippen LogP) is 2.96. The Kier molecular flexibility index (Phi) is 3.76. The number of rotatable bonds is 3. The summed E-state index contributed by atoms with van der Waals surface area (Å²) in [5.41, 5.74) is 2.22. The molecule has 1 aromatic rings. The van der Waals surface area contributed by atoms with Crippen LogP contribution in [0.1, 0.15) is 24.5 Å². The second-order valence-electron chi connectivity index (χ2n) is 3.35. The van der Waals surface area contributed by atoms with E-state index in [4.69, 9.17) is 11.6 Å². The maximum atomic E-state index is 9.44. The average Bonchev–Trinajstić information content (AvgIpc) is 2.11. The van der Waals surface area contributed by atoms with Gasteiger partial charge in [-0.3, -0.25) is 0 Å². The largest absolute Gasteiger partial charge is 0.393 e. The molecule has 1 nitrogen and oxygen atoms in total. The lowest BCUT2D eigenvalue weighted by molar-refractivity contribution is 0.171. The number of aliphatic hydroxyl groups is 1. The fourth-order valence-corrected chi connectivity index (χ4v) is 1.37. The zero-order chi connectivity index (χ0) is 9.84. The standard InChI is InChI=1S/C11H15ClO/c1-3-10(13)7-9-4-5-11(12)8(2)6-9/h4-6,10,13H,3,7H2,1-2H3. The van der Waals surface area contributed by atoms with E-state index in [9.17, 15) is 5.11 Å². The minimum Gasteiger partial charge on any atom is -0.393 e. The molecule has 1 atom stereocenters. The lowest BCUT2D eigenvalue weighted by Crippen LogP contribution is -2.08.